The second kappa shape index (κ2) is 6.47. The maximum Gasteiger partial charge on any atom is 0.330 e. The third-order valence-electron chi connectivity index (χ3n) is 3.53. The van der Waals surface area contributed by atoms with Crippen molar-refractivity contribution in [2.45, 2.75) is 12.3 Å². The van der Waals surface area contributed by atoms with Crippen molar-refractivity contribution in [3.05, 3.63) is 76.8 Å². The van der Waals surface area contributed by atoms with Crippen molar-refractivity contribution in [3.63, 3.8) is 0 Å². The van der Waals surface area contributed by atoms with Crippen molar-refractivity contribution >= 4 is 23.4 Å². The quantitative estimate of drug-likeness (QED) is 0.682. The van der Waals surface area contributed by atoms with Gasteiger partial charge in [-0.05, 0) is 35.9 Å². The standard InChI is InChI=1S/C18H14ClNO4/c19-13-7-5-12(6-8-13)11-23-16(21)9-10-18(20)17(22)14-3-1-2-4-15(14)24-18/h1-10H,11,20H2/b10-9+. The van der Waals surface area contributed by atoms with Gasteiger partial charge in [0.25, 0.3) is 0 Å². The molecule has 5 nitrogen and oxygen atoms in total. The Morgan fingerprint density at radius 1 is 1.21 bits per heavy atom. The summed E-state index contributed by atoms with van der Waals surface area (Å²) in [6, 6.07) is 13.6. The lowest BCUT2D eigenvalue weighted by atomic mass is 10.0. The predicted octanol–water partition coefficient (Wildman–Crippen LogP) is 2.87. The van der Waals surface area contributed by atoms with Crippen molar-refractivity contribution in [1.82, 2.24) is 0 Å². The zero-order valence-electron chi connectivity index (χ0n) is 12.6. The molecular formula is C18H14ClNO4. The van der Waals surface area contributed by atoms with Gasteiger partial charge in [0.15, 0.2) is 0 Å². The molecule has 0 aromatic heterocycles. The predicted molar refractivity (Wildman–Crippen MR) is 88.7 cm³/mol. The number of hydrogen-bond acceptors (Lipinski definition) is 5. The number of ether oxygens (including phenoxy) is 2. The van der Waals surface area contributed by atoms with Crippen LogP contribution < -0.4 is 10.5 Å². The molecule has 2 N–H and O–H groups in total. The molecule has 0 saturated carbocycles. The molecule has 24 heavy (non-hydrogen) atoms. The maximum absolute atomic E-state index is 12.3. The zero-order valence-corrected chi connectivity index (χ0v) is 13.3. The van der Waals surface area contributed by atoms with Gasteiger partial charge in [0, 0.05) is 11.1 Å². The number of fused-ring (bicyclic) bond motifs is 1. The number of benzene rings is 2. The Hall–Kier alpha value is -2.63. The van der Waals surface area contributed by atoms with Gasteiger partial charge in [-0.3, -0.25) is 10.5 Å². The number of esters is 1. The highest BCUT2D eigenvalue weighted by Gasteiger charge is 2.42. The van der Waals surface area contributed by atoms with Crippen LogP contribution in [0.4, 0.5) is 0 Å². The van der Waals surface area contributed by atoms with Crippen molar-refractivity contribution in [3.8, 4) is 5.75 Å². The number of carbonyl (C=O) groups is 2. The van der Waals surface area contributed by atoms with Gasteiger partial charge in [-0.1, -0.05) is 35.9 Å². The fraction of sp³-hybridized carbons (Fsp3) is 0.111. The molecule has 0 spiro atoms. The summed E-state index contributed by atoms with van der Waals surface area (Å²) in [6.07, 6.45) is 2.30. The van der Waals surface area contributed by atoms with Gasteiger partial charge in [0.05, 0.1) is 5.56 Å². The number of Topliss-reactive ketones (excluding diaryl/α,β-unsaturated/α-hetero) is 1. The van der Waals surface area contributed by atoms with E-state index in [4.69, 9.17) is 26.8 Å². The molecule has 1 aliphatic heterocycles. The topological polar surface area (TPSA) is 78.6 Å². The lowest BCUT2D eigenvalue weighted by molar-refractivity contribution is -0.139. The van der Waals surface area contributed by atoms with E-state index in [-0.39, 0.29) is 6.61 Å². The molecule has 122 valence electrons. The molecule has 0 saturated heterocycles. The van der Waals surface area contributed by atoms with E-state index in [9.17, 15) is 9.59 Å². The second-order valence-corrected chi connectivity index (χ2v) is 5.72. The van der Waals surface area contributed by atoms with Crippen LogP contribution in [0.1, 0.15) is 15.9 Å². The summed E-state index contributed by atoms with van der Waals surface area (Å²) >= 11 is 5.79. The molecule has 0 fully saturated rings. The first-order chi connectivity index (χ1) is 11.5. The number of ketones is 1. The van der Waals surface area contributed by atoms with Crippen LogP contribution in [0.2, 0.25) is 5.02 Å². The van der Waals surface area contributed by atoms with E-state index in [1.165, 1.54) is 6.08 Å². The minimum atomic E-state index is -1.69. The van der Waals surface area contributed by atoms with Crippen LogP contribution in [-0.4, -0.2) is 17.5 Å². The third-order valence-corrected chi connectivity index (χ3v) is 3.78. The molecule has 1 atom stereocenters. The molecule has 0 aliphatic carbocycles. The van der Waals surface area contributed by atoms with Crippen molar-refractivity contribution in [2.75, 3.05) is 0 Å². The van der Waals surface area contributed by atoms with Crippen molar-refractivity contribution < 1.29 is 19.1 Å². The fourth-order valence-electron chi connectivity index (χ4n) is 2.27. The largest absolute Gasteiger partial charge is 0.461 e. The minimum absolute atomic E-state index is 0.0902. The average Bonchev–Trinajstić information content (AvgIpc) is 2.84. The van der Waals surface area contributed by atoms with Crippen LogP contribution in [0, 0.1) is 0 Å². The third kappa shape index (κ3) is 3.32. The minimum Gasteiger partial charge on any atom is -0.461 e. The van der Waals surface area contributed by atoms with Crippen molar-refractivity contribution in [1.29, 1.82) is 0 Å². The highest BCUT2D eigenvalue weighted by atomic mass is 35.5. The van der Waals surface area contributed by atoms with E-state index in [0.29, 0.717) is 16.3 Å². The Kier molecular flexibility index (Phi) is 4.38. The van der Waals surface area contributed by atoms with E-state index in [2.05, 4.69) is 0 Å². The van der Waals surface area contributed by atoms with Crippen LogP contribution in [-0.2, 0) is 16.1 Å². The zero-order chi connectivity index (χ0) is 17.2. The molecule has 1 aliphatic rings. The molecule has 2 aromatic rings. The lowest BCUT2D eigenvalue weighted by Crippen LogP contribution is -2.47. The number of nitrogens with two attached hydrogens (primary N) is 1. The Balaban J connectivity index is 1.62. The number of carbonyl (C=O) groups excluding carboxylic acids is 2. The van der Waals surface area contributed by atoms with E-state index >= 15 is 0 Å². The number of halogens is 1. The van der Waals surface area contributed by atoms with Gasteiger partial charge in [0.2, 0.25) is 11.5 Å². The normalized spacial score (nSPS) is 19.2. The molecule has 0 amide bonds. The Bertz CT molecular complexity index is 816. The second-order valence-electron chi connectivity index (χ2n) is 5.29. The van der Waals surface area contributed by atoms with E-state index in [1.54, 1.807) is 48.5 Å². The SMILES string of the molecule is NC1(/C=C/C(=O)OCc2ccc(Cl)cc2)Oc2ccccc2C1=O. The van der Waals surface area contributed by atoms with Gasteiger partial charge < -0.3 is 9.47 Å². The molecule has 3 rings (SSSR count). The van der Waals surface area contributed by atoms with E-state index < -0.39 is 17.5 Å². The van der Waals surface area contributed by atoms with Crippen LogP contribution in [0.15, 0.2) is 60.7 Å². The smallest absolute Gasteiger partial charge is 0.330 e. The highest BCUT2D eigenvalue weighted by molar-refractivity contribution is 6.30. The summed E-state index contributed by atoms with van der Waals surface area (Å²) in [5, 5.41) is 0.603. The summed E-state index contributed by atoms with van der Waals surface area (Å²) in [5.74, 6) is -0.633. The molecule has 6 heteroatoms. The maximum atomic E-state index is 12.3. The first kappa shape index (κ1) is 16.2. The summed E-state index contributed by atoms with van der Waals surface area (Å²) in [4.78, 5) is 24.1. The van der Waals surface area contributed by atoms with Crippen LogP contribution in [0.5, 0.6) is 5.75 Å². The number of hydrogen-bond donors (Lipinski definition) is 1. The van der Waals surface area contributed by atoms with E-state index in [1.807, 2.05) is 0 Å². The van der Waals surface area contributed by atoms with Crippen LogP contribution >= 0.6 is 11.6 Å². The summed E-state index contributed by atoms with van der Waals surface area (Å²) in [5.41, 5.74) is 5.44. The lowest BCUT2D eigenvalue weighted by Gasteiger charge is -2.17. The van der Waals surface area contributed by atoms with E-state index in [0.717, 1.165) is 11.6 Å². The number of para-hydroxylation sites is 1. The first-order valence-electron chi connectivity index (χ1n) is 7.20. The van der Waals surface area contributed by atoms with Gasteiger partial charge in [-0.25, -0.2) is 4.79 Å². The van der Waals surface area contributed by atoms with Gasteiger partial charge in [-0.15, -0.1) is 0 Å². The molecule has 0 bridgehead atoms. The first-order valence-corrected chi connectivity index (χ1v) is 7.58. The summed E-state index contributed by atoms with van der Waals surface area (Å²) < 4.78 is 10.5. The molecule has 1 unspecified atom stereocenters. The Labute approximate surface area is 143 Å². The summed E-state index contributed by atoms with van der Waals surface area (Å²) in [7, 11) is 0. The van der Waals surface area contributed by atoms with Crippen LogP contribution in [0.25, 0.3) is 0 Å². The number of rotatable bonds is 4. The molecule has 0 radical (unpaired) electrons. The Morgan fingerprint density at radius 3 is 2.62 bits per heavy atom. The monoisotopic (exact) mass is 343 g/mol. The highest BCUT2D eigenvalue weighted by Crippen LogP contribution is 2.32. The fourth-order valence-corrected chi connectivity index (χ4v) is 2.39. The Morgan fingerprint density at radius 2 is 1.92 bits per heavy atom. The van der Waals surface area contributed by atoms with Crippen LogP contribution in [0.3, 0.4) is 0 Å². The molecule has 2 aromatic carbocycles. The average molecular weight is 344 g/mol. The molecule has 1 heterocycles. The van der Waals surface area contributed by atoms with Crippen molar-refractivity contribution in [2.24, 2.45) is 5.73 Å². The molecular weight excluding hydrogens is 330 g/mol. The van der Waals surface area contributed by atoms with Gasteiger partial charge in [-0.2, -0.15) is 0 Å². The van der Waals surface area contributed by atoms with Gasteiger partial charge >= 0.3 is 5.97 Å². The summed E-state index contributed by atoms with van der Waals surface area (Å²) in [6.45, 7) is 0.0902. The van der Waals surface area contributed by atoms with Gasteiger partial charge in [0.1, 0.15) is 12.4 Å².